The Morgan fingerprint density at radius 2 is 1.84 bits per heavy atom. The molecule has 2 fully saturated rings. The lowest BCUT2D eigenvalue weighted by Gasteiger charge is -2.38. The zero-order valence-corrected chi connectivity index (χ0v) is 12.5. The van der Waals surface area contributed by atoms with E-state index in [-0.39, 0.29) is 0 Å². The van der Waals surface area contributed by atoms with Gasteiger partial charge in [-0.3, -0.25) is 0 Å². The Kier molecular flexibility index (Phi) is 3.84. The number of halogens is 1. The monoisotopic (exact) mass is 278 g/mol. The highest BCUT2D eigenvalue weighted by atomic mass is 35.5. The first-order valence-corrected chi connectivity index (χ1v) is 7.75. The van der Waals surface area contributed by atoms with Crippen molar-refractivity contribution in [3.63, 3.8) is 0 Å². The minimum absolute atomic E-state index is 0.335. The van der Waals surface area contributed by atoms with Crippen LogP contribution in [0.3, 0.4) is 0 Å². The smallest absolute Gasteiger partial charge is 0.0453 e. The summed E-state index contributed by atoms with van der Waals surface area (Å²) in [5, 5.41) is 4.66. The molecule has 1 N–H and O–H groups in total. The number of fused-ring (bicyclic) bond motifs is 2. The molecule has 0 radical (unpaired) electrons. The van der Waals surface area contributed by atoms with Crippen LogP contribution in [0.25, 0.3) is 0 Å². The van der Waals surface area contributed by atoms with Crippen LogP contribution in [0.15, 0.2) is 24.3 Å². The molecule has 2 aliphatic heterocycles. The minimum atomic E-state index is 0.335. The van der Waals surface area contributed by atoms with Gasteiger partial charge in [0.2, 0.25) is 0 Å². The number of benzene rings is 1. The predicted octanol–water partition coefficient (Wildman–Crippen LogP) is 3.62. The van der Waals surface area contributed by atoms with Gasteiger partial charge in [0.25, 0.3) is 0 Å². The summed E-state index contributed by atoms with van der Waals surface area (Å²) in [7, 11) is 2.29. The van der Waals surface area contributed by atoms with Crippen molar-refractivity contribution < 1.29 is 0 Å². The maximum absolute atomic E-state index is 6.28. The van der Waals surface area contributed by atoms with E-state index in [2.05, 4.69) is 36.3 Å². The summed E-state index contributed by atoms with van der Waals surface area (Å²) in [5.41, 5.74) is 1.22. The molecule has 3 atom stereocenters. The molecule has 0 amide bonds. The van der Waals surface area contributed by atoms with Crippen molar-refractivity contribution in [2.24, 2.45) is 0 Å². The molecule has 104 valence electrons. The lowest BCUT2D eigenvalue weighted by molar-refractivity contribution is 0.144. The minimum Gasteiger partial charge on any atom is -0.307 e. The van der Waals surface area contributed by atoms with Crippen LogP contribution in [0.4, 0.5) is 0 Å². The summed E-state index contributed by atoms with van der Waals surface area (Å²) in [6.07, 6.45) is 5.31. The summed E-state index contributed by atoms with van der Waals surface area (Å²) in [6.45, 7) is 2.22. The average molecular weight is 279 g/mol. The molecule has 19 heavy (non-hydrogen) atoms. The van der Waals surface area contributed by atoms with Crippen molar-refractivity contribution in [1.82, 2.24) is 10.2 Å². The maximum atomic E-state index is 6.28. The van der Waals surface area contributed by atoms with Crippen molar-refractivity contribution in [3.8, 4) is 0 Å². The fraction of sp³-hybridized carbons (Fsp3) is 0.625. The van der Waals surface area contributed by atoms with Crippen LogP contribution in [0.2, 0.25) is 5.02 Å². The third-order valence-electron chi connectivity index (χ3n) is 4.96. The fourth-order valence-corrected chi connectivity index (χ4v) is 4.12. The molecule has 0 aliphatic carbocycles. The highest BCUT2D eigenvalue weighted by molar-refractivity contribution is 6.31. The molecule has 2 bridgehead atoms. The first kappa shape index (κ1) is 13.4. The highest BCUT2D eigenvalue weighted by Crippen LogP contribution is 2.35. The fourth-order valence-electron chi connectivity index (χ4n) is 3.82. The Morgan fingerprint density at radius 3 is 2.47 bits per heavy atom. The van der Waals surface area contributed by atoms with Crippen molar-refractivity contribution in [1.29, 1.82) is 0 Å². The molecule has 2 nitrogen and oxygen atoms in total. The Morgan fingerprint density at radius 1 is 1.21 bits per heavy atom. The van der Waals surface area contributed by atoms with Crippen molar-refractivity contribution in [3.05, 3.63) is 34.9 Å². The van der Waals surface area contributed by atoms with Gasteiger partial charge < -0.3 is 10.2 Å². The number of hydrogen-bond acceptors (Lipinski definition) is 2. The SMILES string of the molecule is C[C@@H](NC1CC2CCC(C1)N2C)c1ccccc1Cl. The molecule has 0 aromatic heterocycles. The van der Waals surface area contributed by atoms with E-state index in [0.29, 0.717) is 12.1 Å². The number of nitrogens with zero attached hydrogens (tertiary/aromatic N) is 1. The van der Waals surface area contributed by atoms with Crippen molar-refractivity contribution >= 4 is 11.6 Å². The summed E-state index contributed by atoms with van der Waals surface area (Å²) in [5.74, 6) is 0. The van der Waals surface area contributed by atoms with Crippen molar-refractivity contribution in [2.45, 2.75) is 56.8 Å². The van der Waals surface area contributed by atoms with E-state index in [1.54, 1.807) is 0 Å². The molecule has 3 rings (SSSR count). The summed E-state index contributed by atoms with van der Waals surface area (Å²) < 4.78 is 0. The molecule has 2 saturated heterocycles. The van der Waals surface area contributed by atoms with Gasteiger partial charge >= 0.3 is 0 Å². The van der Waals surface area contributed by atoms with E-state index in [1.807, 2.05) is 12.1 Å². The van der Waals surface area contributed by atoms with Gasteiger partial charge in [-0.2, -0.15) is 0 Å². The number of hydrogen-bond donors (Lipinski definition) is 1. The molecular weight excluding hydrogens is 256 g/mol. The lowest BCUT2D eigenvalue weighted by Crippen LogP contribution is -2.47. The molecule has 2 heterocycles. The number of piperidine rings is 1. The van der Waals surface area contributed by atoms with Gasteiger partial charge in [-0.25, -0.2) is 0 Å². The summed E-state index contributed by atoms with van der Waals surface area (Å²) in [6, 6.07) is 10.7. The molecule has 1 aromatic rings. The quantitative estimate of drug-likeness (QED) is 0.909. The van der Waals surface area contributed by atoms with Crippen LogP contribution in [0.1, 0.15) is 44.2 Å². The highest BCUT2D eigenvalue weighted by Gasteiger charge is 2.38. The standard InChI is InChI=1S/C16H23ClN2/c1-11(15-5-3-4-6-16(15)17)18-12-9-13-7-8-14(10-12)19(13)2/h3-6,11-14,18H,7-10H2,1-2H3/t11-,12?,13?,14?/m1/s1. The third-order valence-corrected chi connectivity index (χ3v) is 5.30. The Bertz CT molecular complexity index is 434. The largest absolute Gasteiger partial charge is 0.307 e. The van der Waals surface area contributed by atoms with Gasteiger partial charge in [0.05, 0.1) is 0 Å². The van der Waals surface area contributed by atoms with Gasteiger partial charge in [0, 0.05) is 29.2 Å². The van der Waals surface area contributed by atoms with Gasteiger partial charge in [0.15, 0.2) is 0 Å². The molecule has 0 saturated carbocycles. The number of rotatable bonds is 3. The maximum Gasteiger partial charge on any atom is 0.0453 e. The molecular formula is C16H23ClN2. The van der Waals surface area contributed by atoms with Crippen LogP contribution in [0.5, 0.6) is 0 Å². The van der Waals surface area contributed by atoms with Crippen molar-refractivity contribution in [2.75, 3.05) is 7.05 Å². The molecule has 0 spiro atoms. The second kappa shape index (κ2) is 5.43. The average Bonchev–Trinajstić information content (AvgIpc) is 2.63. The van der Waals surface area contributed by atoms with E-state index < -0.39 is 0 Å². The van der Waals surface area contributed by atoms with E-state index in [9.17, 15) is 0 Å². The molecule has 2 unspecified atom stereocenters. The van der Waals surface area contributed by atoms with E-state index in [4.69, 9.17) is 11.6 Å². The molecule has 2 aliphatic rings. The van der Waals surface area contributed by atoms with Crippen LogP contribution in [0, 0.1) is 0 Å². The van der Waals surface area contributed by atoms with Gasteiger partial charge in [-0.05, 0) is 51.3 Å². The second-order valence-corrected chi connectivity index (χ2v) is 6.54. The Hall–Kier alpha value is -0.570. The van der Waals surface area contributed by atoms with Crippen LogP contribution in [-0.4, -0.2) is 30.1 Å². The molecule has 3 heteroatoms. The first-order valence-electron chi connectivity index (χ1n) is 7.37. The number of nitrogens with one attached hydrogen (secondary N) is 1. The van der Waals surface area contributed by atoms with E-state index >= 15 is 0 Å². The Labute approximate surface area is 121 Å². The Balaban J connectivity index is 1.65. The predicted molar refractivity (Wildman–Crippen MR) is 80.6 cm³/mol. The topological polar surface area (TPSA) is 15.3 Å². The van der Waals surface area contributed by atoms with E-state index in [0.717, 1.165) is 17.1 Å². The van der Waals surface area contributed by atoms with Crippen LogP contribution < -0.4 is 5.32 Å². The molecule has 1 aromatic carbocycles. The van der Waals surface area contributed by atoms with Crippen LogP contribution >= 0.6 is 11.6 Å². The first-order chi connectivity index (χ1) is 9.15. The van der Waals surface area contributed by atoms with E-state index in [1.165, 1.54) is 31.2 Å². The van der Waals surface area contributed by atoms with Gasteiger partial charge in [0.1, 0.15) is 0 Å². The second-order valence-electron chi connectivity index (χ2n) is 6.13. The van der Waals surface area contributed by atoms with Gasteiger partial charge in [-0.15, -0.1) is 0 Å². The van der Waals surface area contributed by atoms with Crippen LogP contribution in [-0.2, 0) is 0 Å². The lowest BCUT2D eigenvalue weighted by atomic mass is 9.96. The summed E-state index contributed by atoms with van der Waals surface area (Å²) >= 11 is 6.28. The summed E-state index contributed by atoms with van der Waals surface area (Å²) in [4.78, 5) is 2.58. The normalized spacial score (nSPS) is 32.5. The zero-order valence-electron chi connectivity index (χ0n) is 11.8. The van der Waals surface area contributed by atoms with Gasteiger partial charge in [-0.1, -0.05) is 29.8 Å². The zero-order chi connectivity index (χ0) is 13.4. The third kappa shape index (κ3) is 2.67.